The number of anilines is 1. The Bertz CT molecular complexity index is 592. The van der Waals surface area contributed by atoms with Gasteiger partial charge in [0.25, 0.3) is 0 Å². The maximum absolute atomic E-state index is 12.5. The molecule has 0 heterocycles. The Morgan fingerprint density at radius 2 is 1.88 bits per heavy atom. The van der Waals surface area contributed by atoms with Crippen molar-refractivity contribution in [3.63, 3.8) is 0 Å². The Kier molecular flexibility index (Phi) is 4.71. The van der Waals surface area contributed by atoms with Gasteiger partial charge in [-0.05, 0) is 49.7 Å². The number of ether oxygens (including phenoxy) is 1. The van der Waals surface area contributed by atoms with Gasteiger partial charge in [0.15, 0.2) is 0 Å². The molecular weight excluding hydrogens is 321 g/mol. The highest BCUT2D eigenvalue weighted by Gasteiger charge is 2.40. The summed E-state index contributed by atoms with van der Waals surface area (Å²) in [6.45, 7) is 0. The van der Waals surface area contributed by atoms with Crippen molar-refractivity contribution >= 4 is 11.6 Å². The first-order chi connectivity index (χ1) is 11.3. The summed E-state index contributed by atoms with van der Waals surface area (Å²) in [4.78, 5) is 12.5. The number of amides is 1. The largest absolute Gasteiger partial charge is 0.573 e. The number of nitrogens with one attached hydrogen (secondary N) is 1. The summed E-state index contributed by atoms with van der Waals surface area (Å²) >= 11 is 0. The van der Waals surface area contributed by atoms with Crippen LogP contribution >= 0.6 is 0 Å². The predicted octanol–water partition coefficient (Wildman–Crippen LogP) is 3.68. The molecule has 1 aromatic rings. The van der Waals surface area contributed by atoms with Crippen molar-refractivity contribution < 1.29 is 22.7 Å². The second-order valence-electron chi connectivity index (χ2n) is 6.76. The van der Waals surface area contributed by atoms with Crippen LogP contribution in [-0.4, -0.2) is 18.3 Å². The zero-order valence-corrected chi connectivity index (χ0v) is 13.2. The highest BCUT2D eigenvalue weighted by atomic mass is 19.4. The summed E-state index contributed by atoms with van der Waals surface area (Å²) in [5.41, 5.74) is 6.53. The Balaban J connectivity index is 1.64. The van der Waals surface area contributed by atoms with Gasteiger partial charge in [-0.15, -0.1) is 13.2 Å². The fourth-order valence-corrected chi connectivity index (χ4v) is 4.02. The lowest BCUT2D eigenvalue weighted by molar-refractivity contribution is -0.274. The van der Waals surface area contributed by atoms with E-state index in [0.29, 0.717) is 17.5 Å². The highest BCUT2D eigenvalue weighted by Crippen LogP contribution is 2.42. The third-order valence-electron chi connectivity index (χ3n) is 5.12. The highest BCUT2D eigenvalue weighted by molar-refractivity contribution is 5.92. The average molecular weight is 342 g/mol. The van der Waals surface area contributed by atoms with E-state index in [1.165, 1.54) is 18.2 Å². The number of alkyl halides is 3. The quantitative estimate of drug-likeness (QED) is 0.881. The molecular formula is C17H21F3N2O2. The van der Waals surface area contributed by atoms with E-state index in [0.717, 1.165) is 32.1 Å². The molecule has 2 aliphatic carbocycles. The van der Waals surface area contributed by atoms with Gasteiger partial charge in [0.2, 0.25) is 5.91 Å². The minimum absolute atomic E-state index is 0.132. The van der Waals surface area contributed by atoms with Crippen molar-refractivity contribution in [1.29, 1.82) is 0 Å². The molecule has 2 bridgehead atoms. The standard InChI is InChI=1S/C17H21F3N2O2/c18-17(19,20)24-14-6-2-5-13(9-14)22-16(23)12-7-10-3-1-4-11(8-12)15(10)21/h2,5-6,9-12,15H,1,3-4,7-8,21H2,(H,22,23). The van der Waals surface area contributed by atoms with Crippen molar-refractivity contribution in [3.05, 3.63) is 24.3 Å². The summed E-state index contributed by atoms with van der Waals surface area (Å²) in [7, 11) is 0. The summed E-state index contributed by atoms with van der Waals surface area (Å²) in [6, 6.07) is 5.53. The van der Waals surface area contributed by atoms with Crippen molar-refractivity contribution in [2.75, 3.05) is 5.32 Å². The lowest BCUT2D eigenvalue weighted by atomic mass is 9.65. The van der Waals surface area contributed by atoms with E-state index < -0.39 is 6.36 Å². The van der Waals surface area contributed by atoms with Crippen LogP contribution < -0.4 is 15.8 Å². The molecule has 3 N–H and O–H groups in total. The Morgan fingerprint density at radius 1 is 1.21 bits per heavy atom. The Hall–Kier alpha value is -1.76. The first-order valence-electron chi connectivity index (χ1n) is 8.24. The van der Waals surface area contributed by atoms with Gasteiger partial charge < -0.3 is 15.8 Å². The van der Waals surface area contributed by atoms with Gasteiger partial charge in [-0.3, -0.25) is 4.79 Å². The molecule has 3 rings (SSSR count). The maximum atomic E-state index is 12.5. The first-order valence-corrected chi connectivity index (χ1v) is 8.24. The molecule has 0 radical (unpaired) electrons. The van der Waals surface area contributed by atoms with Crippen molar-refractivity contribution in [2.45, 2.75) is 44.5 Å². The fourth-order valence-electron chi connectivity index (χ4n) is 4.02. The molecule has 2 unspecified atom stereocenters. The topological polar surface area (TPSA) is 64.4 Å². The number of fused-ring (bicyclic) bond motifs is 2. The second-order valence-corrected chi connectivity index (χ2v) is 6.76. The summed E-state index contributed by atoms with van der Waals surface area (Å²) < 4.78 is 40.7. The van der Waals surface area contributed by atoms with Crippen LogP contribution in [-0.2, 0) is 4.79 Å². The van der Waals surface area contributed by atoms with Crippen LogP contribution in [0.4, 0.5) is 18.9 Å². The number of nitrogens with two attached hydrogens (primary N) is 1. The van der Waals surface area contributed by atoms with Crippen molar-refractivity contribution in [2.24, 2.45) is 23.5 Å². The Labute approximate surface area is 138 Å². The molecule has 1 aromatic carbocycles. The molecule has 2 saturated carbocycles. The van der Waals surface area contributed by atoms with Gasteiger partial charge >= 0.3 is 6.36 Å². The van der Waals surface area contributed by atoms with Crippen LogP contribution in [0.5, 0.6) is 5.75 Å². The molecule has 2 atom stereocenters. The van der Waals surface area contributed by atoms with E-state index in [-0.39, 0.29) is 23.6 Å². The molecule has 2 fully saturated rings. The lowest BCUT2D eigenvalue weighted by Gasteiger charge is -2.43. The van der Waals surface area contributed by atoms with Crippen LogP contribution in [0.1, 0.15) is 32.1 Å². The fraction of sp³-hybridized carbons (Fsp3) is 0.588. The van der Waals surface area contributed by atoms with Crippen LogP contribution in [0.3, 0.4) is 0 Å². The summed E-state index contributed by atoms with van der Waals surface area (Å²) in [5, 5.41) is 2.71. The number of carbonyl (C=O) groups excluding carboxylic acids is 1. The average Bonchev–Trinajstić information content (AvgIpc) is 2.45. The van der Waals surface area contributed by atoms with Crippen LogP contribution in [0.25, 0.3) is 0 Å². The number of hydrogen-bond acceptors (Lipinski definition) is 3. The van der Waals surface area contributed by atoms with E-state index in [4.69, 9.17) is 5.73 Å². The molecule has 132 valence electrons. The van der Waals surface area contributed by atoms with Crippen molar-refractivity contribution in [3.8, 4) is 5.75 Å². The zero-order chi connectivity index (χ0) is 17.3. The minimum Gasteiger partial charge on any atom is -0.406 e. The number of hydrogen-bond donors (Lipinski definition) is 2. The van der Waals surface area contributed by atoms with Gasteiger partial charge in [-0.1, -0.05) is 12.5 Å². The number of halogens is 3. The molecule has 1 amide bonds. The van der Waals surface area contributed by atoms with E-state index in [1.54, 1.807) is 6.07 Å². The number of carbonyl (C=O) groups is 1. The molecule has 0 saturated heterocycles. The van der Waals surface area contributed by atoms with Crippen LogP contribution in [0.15, 0.2) is 24.3 Å². The molecule has 4 nitrogen and oxygen atoms in total. The Morgan fingerprint density at radius 3 is 2.50 bits per heavy atom. The molecule has 24 heavy (non-hydrogen) atoms. The number of benzene rings is 1. The molecule has 0 aliphatic heterocycles. The molecule has 2 aliphatic rings. The third kappa shape index (κ3) is 4.01. The van der Waals surface area contributed by atoms with Gasteiger partial charge in [0.1, 0.15) is 5.75 Å². The van der Waals surface area contributed by atoms with E-state index >= 15 is 0 Å². The second kappa shape index (κ2) is 6.63. The van der Waals surface area contributed by atoms with Gasteiger partial charge in [0, 0.05) is 23.7 Å². The summed E-state index contributed by atoms with van der Waals surface area (Å²) in [5.74, 6) is 0.111. The molecule has 0 aromatic heterocycles. The summed E-state index contributed by atoms with van der Waals surface area (Å²) in [6.07, 6.45) is 0.0188. The van der Waals surface area contributed by atoms with Crippen molar-refractivity contribution in [1.82, 2.24) is 0 Å². The van der Waals surface area contributed by atoms with E-state index in [9.17, 15) is 18.0 Å². The predicted molar refractivity (Wildman–Crippen MR) is 83.3 cm³/mol. The SMILES string of the molecule is NC1C2CCCC1CC(C(=O)Nc1cccc(OC(F)(F)F)c1)C2. The first kappa shape index (κ1) is 17.1. The van der Waals surface area contributed by atoms with Gasteiger partial charge in [0.05, 0.1) is 0 Å². The van der Waals surface area contributed by atoms with E-state index in [2.05, 4.69) is 10.1 Å². The third-order valence-corrected chi connectivity index (χ3v) is 5.12. The maximum Gasteiger partial charge on any atom is 0.573 e. The monoisotopic (exact) mass is 342 g/mol. The zero-order valence-electron chi connectivity index (χ0n) is 13.2. The molecule has 7 heteroatoms. The normalized spacial score (nSPS) is 29.8. The smallest absolute Gasteiger partial charge is 0.406 e. The van der Waals surface area contributed by atoms with Gasteiger partial charge in [-0.2, -0.15) is 0 Å². The van der Waals surface area contributed by atoms with Crippen LogP contribution in [0.2, 0.25) is 0 Å². The number of rotatable bonds is 3. The molecule has 0 spiro atoms. The van der Waals surface area contributed by atoms with Gasteiger partial charge in [-0.25, -0.2) is 0 Å². The van der Waals surface area contributed by atoms with Crippen LogP contribution in [0, 0.1) is 17.8 Å². The van der Waals surface area contributed by atoms with E-state index in [1.807, 2.05) is 0 Å². The minimum atomic E-state index is -4.75. The lowest BCUT2D eigenvalue weighted by Crippen LogP contribution is -2.48.